The summed E-state index contributed by atoms with van der Waals surface area (Å²) >= 11 is 0. The summed E-state index contributed by atoms with van der Waals surface area (Å²) in [6, 6.07) is 6.42. The maximum Gasteiger partial charge on any atom is 0.328 e. The van der Waals surface area contributed by atoms with Crippen LogP contribution in [0.1, 0.15) is 69.8 Å². The molecule has 0 saturated heterocycles. The highest BCUT2D eigenvalue weighted by Crippen LogP contribution is 2.26. The lowest BCUT2D eigenvalue weighted by molar-refractivity contribution is -0.145. The minimum absolute atomic E-state index is 0.00266. The van der Waals surface area contributed by atoms with E-state index in [1.54, 1.807) is 12.1 Å². The van der Waals surface area contributed by atoms with Gasteiger partial charge in [0.2, 0.25) is 5.91 Å². The van der Waals surface area contributed by atoms with Crippen LogP contribution in [0.15, 0.2) is 24.3 Å². The Morgan fingerprint density at radius 3 is 2.03 bits per heavy atom. The van der Waals surface area contributed by atoms with E-state index in [0.29, 0.717) is 12.2 Å². The predicted molar refractivity (Wildman–Crippen MR) is 113 cm³/mol. The number of amides is 1. The second kappa shape index (κ2) is 11.1. The smallest absolute Gasteiger partial charge is 0.328 e. The van der Waals surface area contributed by atoms with E-state index in [-0.39, 0.29) is 23.7 Å². The van der Waals surface area contributed by atoms with E-state index in [1.165, 1.54) is 20.0 Å². The normalized spacial score (nSPS) is 19.0. The zero-order valence-corrected chi connectivity index (χ0v) is 17.9. The quantitative estimate of drug-likeness (QED) is 0.539. The van der Waals surface area contributed by atoms with Gasteiger partial charge in [-0.3, -0.25) is 9.59 Å². The SMILES string of the molecule is COC(=O)[C@H](Cc1ccc(OC(=O)C2CCCCC2)cc1)NC(=O)C1CCCCC1. The second-order valence-electron chi connectivity index (χ2n) is 8.52. The zero-order valence-electron chi connectivity index (χ0n) is 17.9. The van der Waals surface area contributed by atoms with Crippen LogP contribution in [0.4, 0.5) is 0 Å². The van der Waals surface area contributed by atoms with E-state index in [9.17, 15) is 14.4 Å². The Balaban J connectivity index is 1.56. The minimum Gasteiger partial charge on any atom is -0.467 e. The number of carbonyl (C=O) groups excluding carboxylic acids is 3. The Kier molecular flexibility index (Phi) is 8.29. The molecule has 1 aromatic rings. The molecule has 1 N–H and O–H groups in total. The summed E-state index contributed by atoms with van der Waals surface area (Å²) in [7, 11) is 1.33. The van der Waals surface area contributed by atoms with Crippen molar-refractivity contribution in [3.05, 3.63) is 29.8 Å². The van der Waals surface area contributed by atoms with E-state index in [0.717, 1.165) is 56.9 Å². The molecule has 164 valence electrons. The molecule has 6 nitrogen and oxygen atoms in total. The number of nitrogens with one attached hydrogen (secondary N) is 1. The molecule has 2 fully saturated rings. The molecule has 30 heavy (non-hydrogen) atoms. The first-order chi connectivity index (χ1) is 14.6. The van der Waals surface area contributed by atoms with Crippen molar-refractivity contribution in [3.63, 3.8) is 0 Å². The summed E-state index contributed by atoms with van der Waals surface area (Å²) in [5, 5.41) is 2.88. The van der Waals surface area contributed by atoms with Crippen LogP contribution in [-0.4, -0.2) is 31.0 Å². The maximum absolute atomic E-state index is 12.6. The lowest BCUT2D eigenvalue weighted by Gasteiger charge is -2.24. The third-order valence-corrected chi connectivity index (χ3v) is 6.30. The lowest BCUT2D eigenvalue weighted by Crippen LogP contribution is -2.45. The first kappa shape index (κ1) is 22.3. The van der Waals surface area contributed by atoms with Gasteiger partial charge in [0, 0.05) is 12.3 Å². The van der Waals surface area contributed by atoms with Crippen LogP contribution >= 0.6 is 0 Å². The average molecular weight is 416 g/mol. The third kappa shape index (κ3) is 6.31. The van der Waals surface area contributed by atoms with Gasteiger partial charge in [0.15, 0.2) is 0 Å². The van der Waals surface area contributed by atoms with Crippen molar-refractivity contribution < 1.29 is 23.9 Å². The van der Waals surface area contributed by atoms with Crippen molar-refractivity contribution in [2.24, 2.45) is 11.8 Å². The molecule has 1 amide bonds. The van der Waals surface area contributed by atoms with Crippen LogP contribution in [0.2, 0.25) is 0 Å². The largest absolute Gasteiger partial charge is 0.467 e. The molecule has 0 aliphatic heterocycles. The van der Waals surface area contributed by atoms with E-state index >= 15 is 0 Å². The van der Waals surface area contributed by atoms with E-state index in [4.69, 9.17) is 9.47 Å². The van der Waals surface area contributed by atoms with Gasteiger partial charge in [0.05, 0.1) is 13.0 Å². The van der Waals surface area contributed by atoms with Gasteiger partial charge in [-0.15, -0.1) is 0 Å². The fourth-order valence-electron chi connectivity index (χ4n) is 4.46. The van der Waals surface area contributed by atoms with Gasteiger partial charge >= 0.3 is 11.9 Å². The number of hydrogen-bond acceptors (Lipinski definition) is 5. The highest BCUT2D eigenvalue weighted by Gasteiger charge is 2.27. The Morgan fingerprint density at radius 2 is 1.47 bits per heavy atom. The van der Waals surface area contributed by atoms with Crippen LogP contribution in [0, 0.1) is 11.8 Å². The molecule has 2 saturated carbocycles. The van der Waals surface area contributed by atoms with Crippen molar-refractivity contribution in [1.29, 1.82) is 0 Å². The van der Waals surface area contributed by atoms with Gasteiger partial charge in [-0.1, -0.05) is 50.7 Å². The summed E-state index contributed by atoms with van der Waals surface area (Å²) in [5.74, 6) is -0.190. The molecular weight excluding hydrogens is 382 g/mol. The summed E-state index contributed by atoms with van der Waals surface area (Å²) in [6.07, 6.45) is 10.5. The number of hydrogen-bond donors (Lipinski definition) is 1. The highest BCUT2D eigenvalue weighted by molar-refractivity contribution is 5.86. The zero-order chi connectivity index (χ0) is 21.3. The Bertz CT molecular complexity index is 718. The minimum atomic E-state index is -0.722. The number of ether oxygens (including phenoxy) is 2. The summed E-state index contributed by atoms with van der Waals surface area (Å²) < 4.78 is 10.4. The molecule has 0 spiro atoms. The van der Waals surface area contributed by atoms with Crippen molar-refractivity contribution in [2.75, 3.05) is 7.11 Å². The number of benzene rings is 1. The van der Waals surface area contributed by atoms with Gasteiger partial charge in [0.25, 0.3) is 0 Å². The highest BCUT2D eigenvalue weighted by atomic mass is 16.5. The molecule has 2 aliphatic carbocycles. The summed E-state index contributed by atoms with van der Waals surface area (Å²) in [4.78, 5) is 37.1. The Labute approximate surface area is 178 Å². The Morgan fingerprint density at radius 1 is 0.900 bits per heavy atom. The topological polar surface area (TPSA) is 81.7 Å². The molecule has 0 aromatic heterocycles. The van der Waals surface area contributed by atoms with Gasteiger partial charge < -0.3 is 14.8 Å². The van der Waals surface area contributed by atoms with Crippen molar-refractivity contribution in [3.8, 4) is 5.75 Å². The third-order valence-electron chi connectivity index (χ3n) is 6.30. The molecule has 0 heterocycles. The molecular formula is C24H33NO5. The van der Waals surface area contributed by atoms with Gasteiger partial charge in [-0.2, -0.15) is 0 Å². The van der Waals surface area contributed by atoms with Gasteiger partial charge in [-0.05, 0) is 43.4 Å². The van der Waals surface area contributed by atoms with Crippen molar-refractivity contribution >= 4 is 17.8 Å². The predicted octanol–water partition coefficient (Wildman–Crippen LogP) is 3.95. The number of carbonyl (C=O) groups is 3. The van der Waals surface area contributed by atoms with Crippen LogP contribution in [0.3, 0.4) is 0 Å². The molecule has 0 unspecified atom stereocenters. The number of rotatable bonds is 7. The number of methoxy groups -OCH3 is 1. The van der Waals surface area contributed by atoms with Crippen LogP contribution in [0.25, 0.3) is 0 Å². The van der Waals surface area contributed by atoms with Gasteiger partial charge in [0.1, 0.15) is 11.8 Å². The fraction of sp³-hybridized carbons (Fsp3) is 0.625. The molecule has 0 bridgehead atoms. The van der Waals surface area contributed by atoms with E-state index < -0.39 is 12.0 Å². The van der Waals surface area contributed by atoms with Crippen LogP contribution in [-0.2, 0) is 25.5 Å². The van der Waals surface area contributed by atoms with Crippen molar-refractivity contribution in [1.82, 2.24) is 5.32 Å². The average Bonchev–Trinajstić information content (AvgIpc) is 2.80. The molecule has 1 atom stereocenters. The van der Waals surface area contributed by atoms with E-state index in [2.05, 4.69) is 5.32 Å². The van der Waals surface area contributed by atoms with E-state index in [1.807, 2.05) is 12.1 Å². The molecule has 6 heteroatoms. The number of esters is 2. The second-order valence-corrected chi connectivity index (χ2v) is 8.52. The van der Waals surface area contributed by atoms with Crippen LogP contribution < -0.4 is 10.1 Å². The first-order valence-electron chi connectivity index (χ1n) is 11.3. The summed E-state index contributed by atoms with van der Waals surface area (Å²) in [5.41, 5.74) is 0.867. The standard InChI is InChI=1S/C24H33NO5/c1-29-24(28)21(25-22(26)18-8-4-2-5-9-18)16-17-12-14-20(15-13-17)30-23(27)19-10-6-3-7-11-19/h12-15,18-19,21H,2-11,16H2,1H3,(H,25,26)/t21-/m0/s1. The fourth-order valence-corrected chi connectivity index (χ4v) is 4.46. The summed E-state index contributed by atoms with van der Waals surface area (Å²) in [6.45, 7) is 0. The molecule has 2 aliphatic rings. The molecule has 3 rings (SSSR count). The lowest BCUT2D eigenvalue weighted by atomic mass is 9.88. The molecule has 0 radical (unpaired) electrons. The van der Waals surface area contributed by atoms with Gasteiger partial charge in [-0.25, -0.2) is 4.79 Å². The first-order valence-corrected chi connectivity index (χ1v) is 11.3. The molecule has 1 aromatic carbocycles. The van der Waals surface area contributed by atoms with Crippen molar-refractivity contribution in [2.45, 2.75) is 76.7 Å². The monoisotopic (exact) mass is 415 g/mol. The Hall–Kier alpha value is -2.37. The van der Waals surface area contributed by atoms with Crippen LogP contribution in [0.5, 0.6) is 5.75 Å². The maximum atomic E-state index is 12.6.